The minimum atomic E-state index is -3.05. The van der Waals surface area contributed by atoms with Crippen molar-refractivity contribution in [3.63, 3.8) is 0 Å². The van der Waals surface area contributed by atoms with Gasteiger partial charge in [-0.1, -0.05) is 18.2 Å². The first-order valence-electron chi connectivity index (χ1n) is 9.85. The highest BCUT2D eigenvalue weighted by molar-refractivity contribution is 14.0. The lowest BCUT2D eigenvalue weighted by Crippen LogP contribution is -2.57. The van der Waals surface area contributed by atoms with E-state index in [0.29, 0.717) is 25.7 Å². The molecule has 1 N–H and O–H groups in total. The number of benzene rings is 1. The summed E-state index contributed by atoms with van der Waals surface area (Å²) in [5.74, 6) is 1.00. The summed E-state index contributed by atoms with van der Waals surface area (Å²) in [6.45, 7) is 11.2. The Morgan fingerprint density at radius 2 is 2.04 bits per heavy atom. The molecule has 28 heavy (non-hydrogen) atoms. The maximum atomic E-state index is 12.3. The van der Waals surface area contributed by atoms with Crippen LogP contribution in [0.4, 0.5) is 5.69 Å². The first-order valence-corrected chi connectivity index (χ1v) is 11.5. The lowest BCUT2D eigenvalue weighted by atomic mass is 10.1. The second kappa shape index (κ2) is 9.19. The largest absolute Gasteiger partial charge is 0.366 e. The van der Waals surface area contributed by atoms with E-state index in [9.17, 15) is 8.42 Å². The third-order valence-corrected chi connectivity index (χ3v) is 8.16. The number of halogens is 1. The van der Waals surface area contributed by atoms with Crippen LogP contribution in [-0.4, -0.2) is 68.5 Å². The number of hydrogen-bond donors (Lipinski definition) is 1. The highest BCUT2D eigenvalue weighted by atomic mass is 127. The number of guanidine groups is 1. The molecule has 8 heteroatoms. The number of anilines is 1. The predicted molar refractivity (Wildman–Crippen MR) is 128 cm³/mol. The number of fused-ring (bicyclic) bond motifs is 1. The molecule has 2 aliphatic rings. The van der Waals surface area contributed by atoms with Crippen LogP contribution in [0.2, 0.25) is 0 Å². The molecule has 3 rings (SSSR count). The molecule has 1 saturated heterocycles. The minimum Gasteiger partial charge on any atom is -0.366 e. The summed E-state index contributed by atoms with van der Waals surface area (Å²) in [5.41, 5.74) is 2.72. The summed E-state index contributed by atoms with van der Waals surface area (Å²) < 4.78 is 23.8. The standard InChI is InChI=1S/C20H32N4O2S.HI/c1-5-21-19(23-12-13-27(25,26)20(3,4)15-23)22-10-11-24-16(2)14-17-8-6-7-9-18(17)24;/h6-9,16H,5,10-15H2,1-4H3,(H,21,22);1H. The summed E-state index contributed by atoms with van der Waals surface area (Å²) in [7, 11) is -3.05. The zero-order chi connectivity index (χ0) is 19.7. The van der Waals surface area contributed by atoms with Gasteiger partial charge in [-0.05, 0) is 45.7 Å². The Morgan fingerprint density at radius 1 is 1.32 bits per heavy atom. The van der Waals surface area contributed by atoms with Gasteiger partial charge in [-0.15, -0.1) is 24.0 Å². The Morgan fingerprint density at radius 3 is 2.71 bits per heavy atom. The first-order chi connectivity index (χ1) is 12.7. The summed E-state index contributed by atoms with van der Waals surface area (Å²) in [6.07, 6.45) is 1.08. The molecule has 1 fully saturated rings. The van der Waals surface area contributed by atoms with E-state index in [1.165, 1.54) is 11.3 Å². The fraction of sp³-hybridized carbons (Fsp3) is 0.650. The highest BCUT2D eigenvalue weighted by Gasteiger charge is 2.41. The minimum absolute atomic E-state index is 0. The number of aliphatic imine (C=N–C) groups is 1. The molecular weight excluding hydrogens is 487 g/mol. The van der Waals surface area contributed by atoms with E-state index >= 15 is 0 Å². The molecule has 0 saturated carbocycles. The van der Waals surface area contributed by atoms with E-state index in [0.717, 1.165) is 25.5 Å². The number of nitrogens with one attached hydrogen (secondary N) is 1. The van der Waals surface area contributed by atoms with Crippen LogP contribution in [0.25, 0.3) is 0 Å². The van der Waals surface area contributed by atoms with E-state index in [2.05, 4.69) is 46.3 Å². The molecule has 1 unspecified atom stereocenters. The van der Waals surface area contributed by atoms with Crippen molar-refractivity contribution in [2.45, 2.75) is 44.9 Å². The quantitative estimate of drug-likeness (QED) is 0.376. The molecule has 0 aliphatic carbocycles. The molecule has 0 radical (unpaired) electrons. The number of rotatable bonds is 4. The second-order valence-electron chi connectivity index (χ2n) is 8.11. The summed E-state index contributed by atoms with van der Waals surface area (Å²) >= 11 is 0. The lowest BCUT2D eigenvalue weighted by molar-refractivity contribution is 0.353. The molecule has 1 aromatic carbocycles. The Kier molecular flexibility index (Phi) is 7.63. The molecule has 0 spiro atoms. The van der Waals surface area contributed by atoms with Crippen molar-refractivity contribution < 1.29 is 8.42 Å². The van der Waals surface area contributed by atoms with Crippen LogP contribution in [0, 0.1) is 0 Å². The van der Waals surface area contributed by atoms with E-state index in [4.69, 9.17) is 4.99 Å². The van der Waals surface area contributed by atoms with Crippen LogP contribution >= 0.6 is 24.0 Å². The Bertz CT molecular complexity index is 810. The molecule has 0 bridgehead atoms. The Labute approximate surface area is 186 Å². The van der Waals surface area contributed by atoms with Crippen LogP contribution in [0.5, 0.6) is 0 Å². The van der Waals surface area contributed by atoms with Gasteiger partial charge in [0.15, 0.2) is 15.8 Å². The number of hydrogen-bond acceptors (Lipinski definition) is 4. The fourth-order valence-corrected chi connectivity index (χ4v) is 5.35. The summed E-state index contributed by atoms with van der Waals surface area (Å²) in [4.78, 5) is 9.33. The number of sulfone groups is 1. The van der Waals surface area contributed by atoms with Gasteiger partial charge in [0, 0.05) is 37.9 Å². The third-order valence-electron chi connectivity index (χ3n) is 5.63. The fourth-order valence-electron chi connectivity index (χ4n) is 3.98. The summed E-state index contributed by atoms with van der Waals surface area (Å²) in [6, 6.07) is 9.07. The van der Waals surface area contributed by atoms with Crippen LogP contribution in [0.3, 0.4) is 0 Å². The van der Waals surface area contributed by atoms with Gasteiger partial charge in [0.05, 0.1) is 17.0 Å². The predicted octanol–water partition coefficient (Wildman–Crippen LogP) is 2.53. The van der Waals surface area contributed by atoms with Crippen LogP contribution < -0.4 is 10.2 Å². The molecule has 158 valence electrons. The summed E-state index contributed by atoms with van der Waals surface area (Å²) in [5, 5.41) is 3.34. The molecule has 0 aromatic heterocycles. The van der Waals surface area contributed by atoms with Crippen LogP contribution in [0.1, 0.15) is 33.3 Å². The van der Waals surface area contributed by atoms with Crippen molar-refractivity contribution in [1.29, 1.82) is 0 Å². The van der Waals surface area contributed by atoms with Crippen LogP contribution in [-0.2, 0) is 16.3 Å². The molecule has 6 nitrogen and oxygen atoms in total. The average Bonchev–Trinajstić information content (AvgIpc) is 2.92. The zero-order valence-corrected chi connectivity index (χ0v) is 20.5. The third kappa shape index (κ3) is 4.75. The number of nitrogens with zero attached hydrogens (tertiary/aromatic N) is 3. The van der Waals surface area contributed by atoms with Gasteiger partial charge in [0.1, 0.15) is 0 Å². The average molecular weight is 520 g/mol. The Hall–Kier alpha value is -1.03. The molecular formula is C20H33IN4O2S. The lowest BCUT2D eigenvalue weighted by Gasteiger charge is -2.39. The SMILES string of the molecule is CCNC(=NCCN1c2ccccc2CC1C)N1CCS(=O)(=O)C(C)(C)C1.I. The highest BCUT2D eigenvalue weighted by Crippen LogP contribution is 2.31. The normalized spacial score (nSPS) is 23.1. The molecule has 1 aromatic rings. The van der Waals surface area contributed by atoms with Crippen molar-refractivity contribution in [3.05, 3.63) is 29.8 Å². The van der Waals surface area contributed by atoms with E-state index in [-0.39, 0.29) is 29.7 Å². The van der Waals surface area contributed by atoms with Crippen molar-refractivity contribution in [1.82, 2.24) is 10.2 Å². The van der Waals surface area contributed by atoms with Gasteiger partial charge in [-0.25, -0.2) is 8.42 Å². The first kappa shape index (κ1) is 23.3. The number of para-hydroxylation sites is 1. The second-order valence-corrected chi connectivity index (χ2v) is 10.9. The zero-order valence-electron chi connectivity index (χ0n) is 17.3. The maximum absolute atomic E-state index is 12.3. The van der Waals surface area contributed by atoms with Crippen molar-refractivity contribution in [2.24, 2.45) is 4.99 Å². The Balaban J connectivity index is 0.00000280. The van der Waals surface area contributed by atoms with Crippen molar-refractivity contribution in [2.75, 3.05) is 43.4 Å². The van der Waals surface area contributed by atoms with Gasteiger partial charge in [-0.2, -0.15) is 0 Å². The molecule has 0 amide bonds. The van der Waals surface area contributed by atoms with Gasteiger partial charge < -0.3 is 15.1 Å². The van der Waals surface area contributed by atoms with Gasteiger partial charge in [0.2, 0.25) is 0 Å². The van der Waals surface area contributed by atoms with E-state index in [1.807, 2.05) is 6.92 Å². The monoisotopic (exact) mass is 520 g/mol. The topological polar surface area (TPSA) is 65.0 Å². The van der Waals surface area contributed by atoms with E-state index in [1.54, 1.807) is 13.8 Å². The van der Waals surface area contributed by atoms with Gasteiger partial charge in [0.25, 0.3) is 0 Å². The van der Waals surface area contributed by atoms with E-state index < -0.39 is 14.6 Å². The molecule has 1 atom stereocenters. The van der Waals surface area contributed by atoms with Crippen molar-refractivity contribution >= 4 is 45.5 Å². The van der Waals surface area contributed by atoms with Crippen molar-refractivity contribution in [3.8, 4) is 0 Å². The molecule has 2 heterocycles. The van der Waals surface area contributed by atoms with Gasteiger partial charge >= 0.3 is 0 Å². The smallest absolute Gasteiger partial charge is 0.194 e. The maximum Gasteiger partial charge on any atom is 0.194 e. The molecule has 2 aliphatic heterocycles. The van der Waals surface area contributed by atoms with Gasteiger partial charge in [-0.3, -0.25) is 4.99 Å². The van der Waals surface area contributed by atoms with Crippen LogP contribution in [0.15, 0.2) is 29.3 Å².